The number of hydrogen-bond acceptors (Lipinski definition) is 10. The Morgan fingerprint density at radius 3 is 1.43 bits per heavy atom. The molecule has 0 spiro atoms. The van der Waals surface area contributed by atoms with Crippen molar-refractivity contribution in [1.29, 1.82) is 0 Å². The van der Waals surface area contributed by atoms with Gasteiger partial charge in [0.2, 0.25) is 0 Å². The third kappa shape index (κ3) is 10.0. The lowest BCUT2D eigenvalue weighted by Gasteiger charge is -2.36. The van der Waals surface area contributed by atoms with E-state index in [9.17, 15) is 19.7 Å². The number of carbonyl (C=O) groups excluding carboxylic acids is 2. The molecule has 230 valence electrons. The summed E-state index contributed by atoms with van der Waals surface area (Å²) in [6.45, 7) is 18.5. The van der Waals surface area contributed by atoms with Crippen LogP contribution in [-0.4, -0.2) is 100 Å². The van der Waals surface area contributed by atoms with Gasteiger partial charge in [-0.25, -0.2) is 9.59 Å². The number of nitro groups is 1. The van der Waals surface area contributed by atoms with Crippen molar-refractivity contribution in [3.05, 3.63) is 52.5 Å². The van der Waals surface area contributed by atoms with E-state index < -0.39 is 16.1 Å². The van der Waals surface area contributed by atoms with Crippen LogP contribution in [0.5, 0.6) is 0 Å². The predicted molar refractivity (Wildman–Crippen MR) is 160 cm³/mol. The average molecular weight is 586 g/mol. The van der Waals surface area contributed by atoms with Crippen LogP contribution >= 0.6 is 0 Å². The predicted octanol–water partition coefficient (Wildman–Crippen LogP) is 4.49. The minimum atomic E-state index is -0.524. The van der Waals surface area contributed by atoms with Gasteiger partial charge in [-0.1, -0.05) is 0 Å². The summed E-state index contributed by atoms with van der Waals surface area (Å²) in [7, 11) is 0. The van der Waals surface area contributed by atoms with E-state index in [4.69, 9.17) is 9.47 Å². The Morgan fingerprint density at radius 1 is 0.714 bits per heavy atom. The molecule has 2 aromatic rings. The quantitative estimate of drug-likeness (QED) is 0.374. The summed E-state index contributed by atoms with van der Waals surface area (Å²) in [5, 5.41) is 10.6. The van der Waals surface area contributed by atoms with Gasteiger partial charge in [-0.2, -0.15) is 0 Å². The van der Waals surface area contributed by atoms with Crippen LogP contribution in [-0.2, 0) is 9.47 Å². The molecule has 0 N–H and O–H groups in total. The van der Waals surface area contributed by atoms with E-state index in [0.717, 1.165) is 30.2 Å². The highest BCUT2D eigenvalue weighted by atomic mass is 16.6. The number of amides is 2. The summed E-state index contributed by atoms with van der Waals surface area (Å²) in [5.74, 6) is -0.170. The van der Waals surface area contributed by atoms with Crippen molar-refractivity contribution in [2.45, 2.75) is 59.7 Å². The molecule has 4 rings (SSSR count). The van der Waals surface area contributed by atoms with Crippen molar-refractivity contribution in [3.8, 4) is 0 Å². The number of ether oxygens (including phenoxy) is 2. The smallest absolute Gasteiger partial charge is 0.410 e. The number of pyridine rings is 2. The van der Waals surface area contributed by atoms with Gasteiger partial charge in [0.1, 0.15) is 11.2 Å². The molecule has 2 fully saturated rings. The van der Waals surface area contributed by atoms with E-state index in [2.05, 4.69) is 20.9 Å². The van der Waals surface area contributed by atoms with E-state index in [-0.39, 0.29) is 18.0 Å². The second-order valence-corrected chi connectivity index (χ2v) is 12.2. The van der Waals surface area contributed by atoms with Crippen molar-refractivity contribution in [3.63, 3.8) is 0 Å². The number of aryl methyl sites for hydroxylation is 1. The minimum absolute atomic E-state index is 0.170. The number of rotatable bonds is 3. The van der Waals surface area contributed by atoms with Crippen molar-refractivity contribution in [1.82, 2.24) is 19.8 Å². The van der Waals surface area contributed by atoms with E-state index in [1.807, 2.05) is 65.6 Å². The molecule has 13 heteroatoms. The molecule has 2 aromatic heterocycles. The summed E-state index contributed by atoms with van der Waals surface area (Å²) in [5.41, 5.74) is 2.00. The molecule has 2 amide bonds. The lowest BCUT2D eigenvalue weighted by atomic mass is 10.2. The van der Waals surface area contributed by atoms with Gasteiger partial charge in [-0.05, 0) is 76.6 Å². The number of nitrogens with zero attached hydrogens (tertiary/aromatic N) is 7. The molecule has 2 aliphatic heterocycles. The van der Waals surface area contributed by atoms with Crippen LogP contribution in [0.25, 0.3) is 0 Å². The van der Waals surface area contributed by atoms with Crippen LogP contribution in [0.2, 0.25) is 0 Å². The van der Waals surface area contributed by atoms with Gasteiger partial charge >= 0.3 is 18.0 Å². The summed E-state index contributed by atoms with van der Waals surface area (Å²) in [4.78, 5) is 49.9. The molecule has 4 heterocycles. The topological polar surface area (TPSA) is 134 Å². The first kappa shape index (κ1) is 32.4. The molecule has 0 aromatic carbocycles. The van der Waals surface area contributed by atoms with Crippen molar-refractivity contribution < 1.29 is 24.0 Å². The van der Waals surface area contributed by atoms with Gasteiger partial charge in [0.15, 0.2) is 6.20 Å². The van der Waals surface area contributed by atoms with Gasteiger partial charge in [0.05, 0.1) is 17.6 Å². The first-order chi connectivity index (χ1) is 19.6. The molecule has 0 radical (unpaired) electrons. The summed E-state index contributed by atoms with van der Waals surface area (Å²) in [6, 6.07) is 7.14. The van der Waals surface area contributed by atoms with Crippen molar-refractivity contribution in [2.24, 2.45) is 0 Å². The van der Waals surface area contributed by atoms with E-state index in [0.29, 0.717) is 39.3 Å². The SMILES string of the molecule is CC(C)(C)OC(=O)N1CCN(c2ccc([N+](=O)[O-])nc2)CC1.Cc1ccc(N2CCN(C(=O)OC(C)(C)C)CC2)cn1. The zero-order valence-corrected chi connectivity index (χ0v) is 25.7. The van der Waals surface area contributed by atoms with Crippen molar-refractivity contribution >= 4 is 29.4 Å². The van der Waals surface area contributed by atoms with E-state index in [1.54, 1.807) is 15.9 Å². The third-order valence-electron chi connectivity index (χ3n) is 6.41. The molecule has 0 unspecified atom stereocenters. The highest BCUT2D eigenvalue weighted by Gasteiger charge is 2.27. The molecule has 0 saturated carbocycles. The number of anilines is 2. The standard InChI is InChI=1S/C15H23N3O2.C14H20N4O4/c1-12-5-6-13(11-16-12)17-7-9-18(10-8-17)14(19)20-15(2,3)4;1-14(2,3)22-13(19)17-8-6-16(7-9-17)11-4-5-12(15-10-11)18(20)21/h5-6,11H,7-10H2,1-4H3;4-5,10H,6-9H2,1-3H3. The zero-order chi connectivity index (χ0) is 31.1. The number of aromatic nitrogens is 2. The van der Waals surface area contributed by atoms with E-state index >= 15 is 0 Å². The fraction of sp³-hybridized carbons (Fsp3) is 0.586. The second kappa shape index (κ2) is 13.7. The number of carbonyl (C=O) groups is 2. The summed E-state index contributed by atoms with van der Waals surface area (Å²) in [6.07, 6.45) is 2.84. The Balaban J connectivity index is 0.000000231. The largest absolute Gasteiger partial charge is 0.444 e. The maximum absolute atomic E-state index is 12.0. The summed E-state index contributed by atoms with van der Waals surface area (Å²) < 4.78 is 10.7. The zero-order valence-electron chi connectivity index (χ0n) is 25.7. The molecular weight excluding hydrogens is 542 g/mol. The molecule has 0 bridgehead atoms. The van der Waals surface area contributed by atoms with E-state index in [1.165, 1.54) is 12.3 Å². The third-order valence-corrected chi connectivity index (χ3v) is 6.41. The lowest BCUT2D eigenvalue weighted by Crippen LogP contribution is -2.50. The monoisotopic (exact) mass is 585 g/mol. The normalized spacial score (nSPS) is 15.9. The Bertz CT molecular complexity index is 1190. The molecule has 2 saturated heterocycles. The fourth-order valence-electron chi connectivity index (χ4n) is 4.27. The van der Waals surface area contributed by atoms with Gasteiger partial charge in [0.25, 0.3) is 0 Å². The Kier molecular flexibility index (Phi) is 10.5. The maximum Gasteiger partial charge on any atom is 0.410 e. The van der Waals surface area contributed by atoms with Crippen LogP contribution in [0.4, 0.5) is 26.8 Å². The molecule has 13 nitrogen and oxygen atoms in total. The number of piperazine rings is 2. The van der Waals surface area contributed by atoms with Crippen LogP contribution in [0.15, 0.2) is 36.7 Å². The Hall–Kier alpha value is -4.16. The first-order valence-electron chi connectivity index (χ1n) is 14.1. The first-order valence-corrected chi connectivity index (χ1v) is 14.1. The lowest BCUT2D eigenvalue weighted by molar-refractivity contribution is -0.389. The molecular formula is C29H43N7O6. The molecule has 42 heavy (non-hydrogen) atoms. The average Bonchev–Trinajstić information content (AvgIpc) is 2.92. The minimum Gasteiger partial charge on any atom is -0.444 e. The highest BCUT2D eigenvalue weighted by molar-refractivity contribution is 5.69. The molecule has 0 atom stereocenters. The fourth-order valence-corrected chi connectivity index (χ4v) is 4.27. The maximum atomic E-state index is 12.0. The molecule has 2 aliphatic rings. The Labute approximate surface area is 247 Å². The van der Waals surface area contributed by atoms with Gasteiger partial charge in [0, 0.05) is 64.1 Å². The van der Waals surface area contributed by atoms with Gasteiger partial charge < -0.3 is 39.2 Å². The van der Waals surface area contributed by atoms with Crippen LogP contribution in [0.1, 0.15) is 47.2 Å². The van der Waals surface area contributed by atoms with Crippen molar-refractivity contribution in [2.75, 3.05) is 62.2 Å². The van der Waals surface area contributed by atoms with Gasteiger partial charge in [-0.15, -0.1) is 0 Å². The molecule has 0 aliphatic carbocycles. The highest BCUT2D eigenvalue weighted by Crippen LogP contribution is 2.20. The Morgan fingerprint density at radius 2 is 1.12 bits per heavy atom. The van der Waals surface area contributed by atoms with Gasteiger partial charge in [-0.3, -0.25) is 4.98 Å². The summed E-state index contributed by atoms with van der Waals surface area (Å²) >= 11 is 0. The van der Waals surface area contributed by atoms with Crippen LogP contribution in [0, 0.1) is 17.0 Å². The second-order valence-electron chi connectivity index (χ2n) is 12.2. The number of hydrogen-bond donors (Lipinski definition) is 0. The van der Waals surface area contributed by atoms with Crippen LogP contribution in [0.3, 0.4) is 0 Å². The van der Waals surface area contributed by atoms with Crippen LogP contribution < -0.4 is 9.80 Å².